The smallest absolute Gasteiger partial charge is 0.255 e. The monoisotopic (exact) mass is 360 g/mol. The number of carbonyl (C=O) groups is 1. The van der Waals surface area contributed by atoms with Gasteiger partial charge in [-0.15, -0.1) is 0 Å². The zero-order valence-electron chi connectivity index (χ0n) is 15.4. The molecule has 0 aliphatic carbocycles. The van der Waals surface area contributed by atoms with Crippen molar-refractivity contribution in [3.63, 3.8) is 0 Å². The standard InChI is InChI=1S/C23H24N2O2/c26-23(16-5-2-1-3-6-16)24-18-8-9-22-20(14-18)21(15-27-22)17-10-12-25-11-4-7-19(25)13-17/h1-3,5-6,8-9,14-15,17,19H,4,7,10-13H2,(H,24,26). The van der Waals surface area contributed by atoms with Crippen LogP contribution in [0.5, 0.6) is 0 Å². The zero-order chi connectivity index (χ0) is 18.2. The van der Waals surface area contributed by atoms with Gasteiger partial charge in [0, 0.05) is 28.2 Å². The number of nitrogens with zero attached hydrogens (tertiary/aromatic N) is 1. The predicted octanol–water partition coefficient (Wildman–Crippen LogP) is 5.03. The Labute approximate surface area is 159 Å². The van der Waals surface area contributed by atoms with Gasteiger partial charge in [-0.1, -0.05) is 18.2 Å². The van der Waals surface area contributed by atoms with Crippen LogP contribution in [0.2, 0.25) is 0 Å². The van der Waals surface area contributed by atoms with E-state index >= 15 is 0 Å². The first kappa shape index (κ1) is 16.6. The average Bonchev–Trinajstić information content (AvgIpc) is 3.34. The third-order valence-electron chi connectivity index (χ3n) is 6.16. The van der Waals surface area contributed by atoms with Crippen LogP contribution in [0.1, 0.15) is 47.5 Å². The second-order valence-corrected chi connectivity index (χ2v) is 7.78. The van der Waals surface area contributed by atoms with Gasteiger partial charge in [-0.05, 0) is 75.0 Å². The number of fused-ring (bicyclic) bond motifs is 2. The fraction of sp³-hybridized carbons (Fsp3) is 0.348. The lowest BCUT2D eigenvalue weighted by Crippen LogP contribution is -2.37. The number of benzene rings is 2. The summed E-state index contributed by atoms with van der Waals surface area (Å²) in [4.78, 5) is 15.1. The lowest BCUT2D eigenvalue weighted by molar-refractivity contribution is 0.102. The van der Waals surface area contributed by atoms with Crippen LogP contribution < -0.4 is 5.32 Å². The molecule has 4 heteroatoms. The maximum atomic E-state index is 12.5. The minimum Gasteiger partial charge on any atom is -0.464 e. The number of furan rings is 1. The Bertz CT molecular complexity index is 963. The maximum absolute atomic E-state index is 12.5. The second kappa shape index (κ2) is 6.86. The van der Waals surface area contributed by atoms with Crippen molar-refractivity contribution < 1.29 is 9.21 Å². The van der Waals surface area contributed by atoms with Crippen LogP contribution in [0.25, 0.3) is 11.0 Å². The molecule has 1 amide bonds. The summed E-state index contributed by atoms with van der Waals surface area (Å²) in [6, 6.07) is 16.0. The lowest BCUT2D eigenvalue weighted by Gasteiger charge is -2.34. The Kier molecular flexibility index (Phi) is 4.21. The second-order valence-electron chi connectivity index (χ2n) is 7.78. The van der Waals surface area contributed by atoms with Crippen LogP contribution >= 0.6 is 0 Å². The van der Waals surface area contributed by atoms with Crippen LogP contribution in [0.15, 0.2) is 59.2 Å². The van der Waals surface area contributed by atoms with Gasteiger partial charge in [-0.2, -0.15) is 0 Å². The molecule has 27 heavy (non-hydrogen) atoms. The SMILES string of the molecule is O=C(Nc1ccc2occ(C3CCN4CCCC4C3)c2c1)c1ccccc1. The van der Waals surface area contributed by atoms with Crippen LogP contribution in [-0.2, 0) is 0 Å². The highest BCUT2D eigenvalue weighted by Gasteiger charge is 2.33. The summed E-state index contributed by atoms with van der Waals surface area (Å²) >= 11 is 0. The number of rotatable bonds is 3. The average molecular weight is 360 g/mol. The minimum absolute atomic E-state index is 0.0840. The van der Waals surface area contributed by atoms with Gasteiger partial charge in [0.15, 0.2) is 0 Å². The highest BCUT2D eigenvalue weighted by atomic mass is 16.3. The van der Waals surface area contributed by atoms with Gasteiger partial charge >= 0.3 is 0 Å². The maximum Gasteiger partial charge on any atom is 0.255 e. The summed E-state index contributed by atoms with van der Waals surface area (Å²) in [5, 5.41) is 4.15. The van der Waals surface area contributed by atoms with E-state index < -0.39 is 0 Å². The molecular weight excluding hydrogens is 336 g/mol. The number of piperidine rings is 1. The van der Waals surface area contributed by atoms with E-state index in [1.807, 2.05) is 48.7 Å². The molecule has 138 valence electrons. The van der Waals surface area contributed by atoms with Gasteiger partial charge in [0.05, 0.1) is 6.26 Å². The number of nitrogens with one attached hydrogen (secondary N) is 1. The molecule has 3 aromatic rings. The molecule has 2 aliphatic rings. The number of amides is 1. The highest BCUT2D eigenvalue weighted by Crippen LogP contribution is 2.40. The van der Waals surface area contributed by atoms with Gasteiger partial charge in [0.1, 0.15) is 5.58 Å². The van der Waals surface area contributed by atoms with Gasteiger partial charge in [0.2, 0.25) is 0 Å². The molecular formula is C23H24N2O2. The fourth-order valence-electron chi connectivity index (χ4n) is 4.74. The molecule has 1 N–H and O–H groups in total. The van der Waals surface area contributed by atoms with E-state index in [-0.39, 0.29) is 5.91 Å². The third kappa shape index (κ3) is 3.15. The van der Waals surface area contributed by atoms with Gasteiger partial charge < -0.3 is 14.6 Å². The number of anilines is 1. The van der Waals surface area contributed by atoms with E-state index in [1.165, 1.54) is 44.3 Å². The van der Waals surface area contributed by atoms with Crippen molar-refractivity contribution in [3.8, 4) is 0 Å². The largest absolute Gasteiger partial charge is 0.464 e. The van der Waals surface area contributed by atoms with Crippen molar-refractivity contribution in [2.45, 2.75) is 37.6 Å². The highest BCUT2D eigenvalue weighted by molar-refractivity contribution is 6.05. The zero-order valence-corrected chi connectivity index (χ0v) is 15.4. The molecule has 2 unspecified atom stereocenters. The Morgan fingerprint density at radius 3 is 2.85 bits per heavy atom. The first-order chi connectivity index (χ1) is 13.3. The molecule has 2 aromatic carbocycles. The van der Waals surface area contributed by atoms with E-state index in [9.17, 15) is 4.79 Å². The molecule has 0 saturated carbocycles. The molecule has 2 atom stereocenters. The van der Waals surface area contributed by atoms with E-state index in [1.54, 1.807) is 0 Å². The molecule has 2 saturated heterocycles. The minimum atomic E-state index is -0.0840. The molecule has 1 aromatic heterocycles. The summed E-state index contributed by atoms with van der Waals surface area (Å²) in [5.41, 5.74) is 3.68. The van der Waals surface area contributed by atoms with E-state index in [0.29, 0.717) is 11.5 Å². The molecule has 0 radical (unpaired) electrons. The van der Waals surface area contributed by atoms with Crippen LogP contribution in [0.4, 0.5) is 5.69 Å². The first-order valence-electron chi connectivity index (χ1n) is 9.89. The van der Waals surface area contributed by atoms with Crippen molar-refractivity contribution >= 4 is 22.6 Å². The quantitative estimate of drug-likeness (QED) is 0.713. The number of hydrogen-bond acceptors (Lipinski definition) is 3. The first-order valence-corrected chi connectivity index (χ1v) is 9.89. The molecule has 5 rings (SSSR count). The molecule has 3 heterocycles. The van der Waals surface area contributed by atoms with E-state index in [0.717, 1.165) is 22.7 Å². The van der Waals surface area contributed by atoms with Gasteiger partial charge in [0.25, 0.3) is 5.91 Å². The number of carbonyl (C=O) groups excluding carboxylic acids is 1. The van der Waals surface area contributed by atoms with Crippen molar-refractivity contribution in [3.05, 3.63) is 65.9 Å². The van der Waals surface area contributed by atoms with E-state index in [2.05, 4.69) is 16.3 Å². The summed E-state index contributed by atoms with van der Waals surface area (Å²) < 4.78 is 5.83. The van der Waals surface area contributed by atoms with Crippen molar-refractivity contribution in [2.75, 3.05) is 18.4 Å². The fourth-order valence-corrected chi connectivity index (χ4v) is 4.74. The van der Waals surface area contributed by atoms with Crippen LogP contribution in [-0.4, -0.2) is 29.9 Å². The van der Waals surface area contributed by atoms with Gasteiger partial charge in [-0.25, -0.2) is 0 Å². The van der Waals surface area contributed by atoms with Crippen LogP contribution in [0, 0.1) is 0 Å². The van der Waals surface area contributed by atoms with Crippen molar-refractivity contribution in [2.24, 2.45) is 0 Å². The number of hydrogen-bond donors (Lipinski definition) is 1. The summed E-state index contributed by atoms with van der Waals surface area (Å²) in [6.07, 6.45) is 6.99. The Morgan fingerprint density at radius 1 is 1.07 bits per heavy atom. The van der Waals surface area contributed by atoms with Gasteiger partial charge in [-0.3, -0.25) is 4.79 Å². The molecule has 4 nitrogen and oxygen atoms in total. The van der Waals surface area contributed by atoms with Crippen molar-refractivity contribution in [1.82, 2.24) is 4.90 Å². The normalized spacial score (nSPS) is 22.7. The third-order valence-corrected chi connectivity index (χ3v) is 6.16. The van der Waals surface area contributed by atoms with Crippen LogP contribution in [0.3, 0.4) is 0 Å². The lowest BCUT2D eigenvalue weighted by atomic mass is 9.85. The molecule has 2 aliphatic heterocycles. The molecule has 0 spiro atoms. The molecule has 2 fully saturated rings. The summed E-state index contributed by atoms with van der Waals surface area (Å²) in [6.45, 7) is 2.45. The van der Waals surface area contributed by atoms with E-state index in [4.69, 9.17) is 4.42 Å². The Morgan fingerprint density at radius 2 is 1.96 bits per heavy atom. The Hall–Kier alpha value is -2.59. The topological polar surface area (TPSA) is 45.5 Å². The summed E-state index contributed by atoms with van der Waals surface area (Å²) in [5.74, 6) is 0.463. The summed E-state index contributed by atoms with van der Waals surface area (Å²) in [7, 11) is 0. The predicted molar refractivity (Wildman–Crippen MR) is 107 cm³/mol. The molecule has 0 bridgehead atoms. The van der Waals surface area contributed by atoms with Crippen molar-refractivity contribution in [1.29, 1.82) is 0 Å². The Balaban J connectivity index is 1.40.